The first-order chi connectivity index (χ1) is 9.04. The highest BCUT2D eigenvalue weighted by molar-refractivity contribution is 7.85. The topological polar surface area (TPSA) is 80.2 Å². The van der Waals surface area contributed by atoms with E-state index < -0.39 is 10.1 Å². The van der Waals surface area contributed by atoms with Gasteiger partial charge in [0.25, 0.3) is 10.1 Å². The maximum atomic E-state index is 10.6. The van der Waals surface area contributed by atoms with E-state index in [1.807, 2.05) is 24.3 Å². The van der Waals surface area contributed by atoms with Crippen molar-refractivity contribution >= 4 is 10.1 Å². The standard InChI is InChI=1S/C13H14N2O3S/c16-19(17,18)9-1-2-13-10-12(5-8-15-13)11-3-6-14-7-4-11/h3-8,10H,1-2,9H2,(H,16,17,18). The Morgan fingerprint density at radius 1 is 1.05 bits per heavy atom. The van der Waals surface area contributed by atoms with Crippen molar-refractivity contribution in [2.24, 2.45) is 0 Å². The Balaban J connectivity index is 2.08. The fraction of sp³-hybridized carbons (Fsp3) is 0.231. The van der Waals surface area contributed by atoms with Gasteiger partial charge >= 0.3 is 0 Å². The van der Waals surface area contributed by atoms with Crippen LogP contribution in [0.25, 0.3) is 11.1 Å². The molecule has 2 rings (SSSR count). The quantitative estimate of drug-likeness (QED) is 0.846. The van der Waals surface area contributed by atoms with E-state index in [4.69, 9.17) is 4.55 Å². The molecule has 0 spiro atoms. The zero-order chi connectivity index (χ0) is 13.7. The van der Waals surface area contributed by atoms with Gasteiger partial charge in [0.1, 0.15) is 0 Å². The fourth-order valence-electron chi connectivity index (χ4n) is 1.77. The molecule has 0 atom stereocenters. The highest BCUT2D eigenvalue weighted by atomic mass is 32.2. The summed E-state index contributed by atoms with van der Waals surface area (Å²) in [7, 11) is -3.89. The third-order valence-corrected chi connectivity index (χ3v) is 3.47. The van der Waals surface area contributed by atoms with E-state index in [1.165, 1.54) is 0 Å². The zero-order valence-electron chi connectivity index (χ0n) is 10.2. The lowest BCUT2D eigenvalue weighted by Gasteiger charge is -2.04. The molecular formula is C13H14N2O3S. The zero-order valence-corrected chi connectivity index (χ0v) is 11.0. The molecule has 0 bridgehead atoms. The molecule has 0 radical (unpaired) electrons. The Morgan fingerprint density at radius 2 is 1.74 bits per heavy atom. The highest BCUT2D eigenvalue weighted by Gasteiger charge is 2.05. The van der Waals surface area contributed by atoms with Gasteiger partial charge in [-0.3, -0.25) is 14.5 Å². The summed E-state index contributed by atoms with van der Waals surface area (Å²) in [6.07, 6.45) is 5.99. The van der Waals surface area contributed by atoms with Crippen LogP contribution in [0.15, 0.2) is 42.9 Å². The number of aryl methyl sites for hydroxylation is 1. The molecule has 0 saturated heterocycles. The molecular weight excluding hydrogens is 264 g/mol. The van der Waals surface area contributed by atoms with Gasteiger partial charge in [-0.2, -0.15) is 8.42 Å². The molecule has 100 valence electrons. The lowest BCUT2D eigenvalue weighted by Crippen LogP contribution is -2.05. The van der Waals surface area contributed by atoms with Crippen LogP contribution in [0, 0.1) is 0 Å². The largest absolute Gasteiger partial charge is 0.286 e. The molecule has 0 saturated carbocycles. The Kier molecular flexibility index (Phi) is 4.24. The third kappa shape index (κ3) is 4.42. The smallest absolute Gasteiger partial charge is 0.264 e. The van der Waals surface area contributed by atoms with E-state index in [-0.39, 0.29) is 5.75 Å². The second kappa shape index (κ2) is 5.90. The predicted molar refractivity (Wildman–Crippen MR) is 72.2 cm³/mol. The summed E-state index contributed by atoms with van der Waals surface area (Å²) in [6.45, 7) is 0. The molecule has 0 fully saturated rings. The van der Waals surface area contributed by atoms with Crippen molar-refractivity contribution in [3.8, 4) is 11.1 Å². The molecule has 19 heavy (non-hydrogen) atoms. The predicted octanol–water partition coefficient (Wildman–Crippen LogP) is 1.96. The first kappa shape index (κ1) is 13.6. The molecule has 0 aromatic carbocycles. The summed E-state index contributed by atoms with van der Waals surface area (Å²) >= 11 is 0. The number of aromatic nitrogens is 2. The van der Waals surface area contributed by atoms with Crippen molar-refractivity contribution in [2.75, 3.05) is 5.75 Å². The second-order valence-corrected chi connectivity index (χ2v) is 5.73. The van der Waals surface area contributed by atoms with Crippen molar-refractivity contribution in [1.82, 2.24) is 9.97 Å². The van der Waals surface area contributed by atoms with Crippen LogP contribution < -0.4 is 0 Å². The molecule has 0 unspecified atom stereocenters. The summed E-state index contributed by atoms with van der Waals surface area (Å²) in [6, 6.07) is 7.61. The van der Waals surface area contributed by atoms with Crippen molar-refractivity contribution in [3.63, 3.8) is 0 Å². The molecule has 0 aliphatic heterocycles. The monoisotopic (exact) mass is 278 g/mol. The molecule has 0 amide bonds. The van der Waals surface area contributed by atoms with Crippen LogP contribution in [-0.2, 0) is 16.5 Å². The Bertz CT molecular complexity index is 642. The molecule has 0 aliphatic rings. The minimum Gasteiger partial charge on any atom is -0.286 e. The van der Waals surface area contributed by atoms with Gasteiger partial charge in [0.2, 0.25) is 0 Å². The van der Waals surface area contributed by atoms with Crippen LogP contribution in [-0.4, -0.2) is 28.7 Å². The van der Waals surface area contributed by atoms with E-state index >= 15 is 0 Å². The summed E-state index contributed by atoms with van der Waals surface area (Å²) in [5.74, 6) is -0.242. The summed E-state index contributed by atoms with van der Waals surface area (Å²) in [4.78, 5) is 8.15. The SMILES string of the molecule is O=S(=O)(O)CCCc1cc(-c2ccncc2)ccn1. The Hall–Kier alpha value is -1.79. The molecule has 2 aromatic rings. The molecule has 2 heterocycles. The van der Waals surface area contributed by atoms with Gasteiger partial charge in [-0.15, -0.1) is 0 Å². The van der Waals surface area contributed by atoms with Gasteiger partial charge in [-0.05, 0) is 48.2 Å². The Morgan fingerprint density at radius 3 is 2.42 bits per heavy atom. The number of hydrogen-bond donors (Lipinski definition) is 1. The first-order valence-electron chi connectivity index (χ1n) is 5.85. The number of hydrogen-bond acceptors (Lipinski definition) is 4. The maximum Gasteiger partial charge on any atom is 0.264 e. The summed E-state index contributed by atoms with van der Waals surface area (Å²) < 4.78 is 29.9. The maximum absolute atomic E-state index is 10.6. The van der Waals surface area contributed by atoms with Crippen molar-refractivity contribution < 1.29 is 13.0 Å². The summed E-state index contributed by atoms with van der Waals surface area (Å²) in [5, 5.41) is 0. The van der Waals surface area contributed by atoms with E-state index in [1.54, 1.807) is 18.6 Å². The fourth-order valence-corrected chi connectivity index (χ4v) is 2.28. The number of pyridine rings is 2. The lowest BCUT2D eigenvalue weighted by molar-refractivity contribution is 0.481. The number of rotatable bonds is 5. The van der Waals surface area contributed by atoms with Crippen LogP contribution in [0.3, 0.4) is 0 Å². The highest BCUT2D eigenvalue weighted by Crippen LogP contribution is 2.18. The lowest BCUT2D eigenvalue weighted by atomic mass is 10.1. The van der Waals surface area contributed by atoms with E-state index in [0.29, 0.717) is 12.8 Å². The van der Waals surface area contributed by atoms with Crippen LogP contribution in [0.1, 0.15) is 12.1 Å². The minimum absolute atomic E-state index is 0.242. The van der Waals surface area contributed by atoms with E-state index in [0.717, 1.165) is 16.8 Å². The third-order valence-electron chi connectivity index (χ3n) is 2.67. The van der Waals surface area contributed by atoms with Gasteiger partial charge < -0.3 is 0 Å². The average Bonchev–Trinajstić information content (AvgIpc) is 2.39. The van der Waals surface area contributed by atoms with E-state index in [2.05, 4.69) is 9.97 Å². The van der Waals surface area contributed by atoms with Crippen molar-refractivity contribution in [2.45, 2.75) is 12.8 Å². The van der Waals surface area contributed by atoms with Gasteiger partial charge in [-0.25, -0.2) is 0 Å². The normalized spacial score (nSPS) is 11.4. The van der Waals surface area contributed by atoms with Gasteiger partial charge in [0, 0.05) is 24.3 Å². The van der Waals surface area contributed by atoms with E-state index in [9.17, 15) is 8.42 Å². The molecule has 2 aromatic heterocycles. The van der Waals surface area contributed by atoms with Crippen LogP contribution in [0.5, 0.6) is 0 Å². The molecule has 0 aliphatic carbocycles. The molecule has 5 nitrogen and oxygen atoms in total. The molecule has 1 N–H and O–H groups in total. The van der Waals surface area contributed by atoms with Crippen molar-refractivity contribution in [1.29, 1.82) is 0 Å². The van der Waals surface area contributed by atoms with Gasteiger partial charge in [-0.1, -0.05) is 0 Å². The average molecular weight is 278 g/mol. The number of nitrogens with zero attached hydrogens (tertiary/aromatic N) is 2. The minimum atomic E-state index is -3.89. The van der Waals surface area contributed by atoms with Crippen LogP contribution in [0.2, 0.25) is 0 Å². The Labute approximate surface area is 112 Å². The van der Waals surface area contributed by atoms with Crippen LogP contribution >= 0.6 is 0 Å². The van der Waals surface area contributed by atoms with Crippen molar-refractivity contribution in [3.05, 3.63) is 48.5 Å². The second-order valence-electron chi connectivity index (χ2n) is 4.16. The first-order valence-corrected chi connectivity index (χ1v) is 7.46. The summed E-state index contributed by atoms with van der Waals surface area (Å²) in [5.41, 5.74) is 2.85. The van der Waals surface area contributed by atoms with Crippen LogP contribution in [0.4, 0.5) is 0 Å². The molecule has 6 heteroatoms. The van der Waals surface area contributed by atoms with Gasteiger partial charge in [0.15, 0.2) is 0 Å². The van der Waals surface area contributed by atoms with Gasteiger partial charge in [0.05, 0.1) is 5.75 Å².